The average Bonchev–Trinajstić information content (AvgIpc) is 2.96. The molecule has 0 fully saturated rings. The Bertz CT molecular complexity index is 807. The number of carbonyl (C=O) groups is 3. The number of hydrogen-bond donors (Lipinski definition) is 1. The monoisotopic (exact) mass is 453 g/mol. The SMILES string of the molecule is CC(=O)CCCN(C(=O)OC(C)(C)C)[C@H]1CCc2nc(NC(=O)OC(C)(C)C)sc2C1. The Hall–Kier alpha value is -2.16. The number of carbonyl (C=O) groups excluding carboxylic acids is 3. The summed E-state index contributed by atoms with van der Waals surface area (Å²) >= 11 is 1.41. The van der Waals surface area contributed by atoms with E-state index in [0.717, 1.165) is 17.0 Å². The minimum absolute atomic E-state index is 0.0378. The van der Waals surface area contributed by atoms with Crippen molar-refractivity contribution < 1.29 is 23.9 Å². The van der Waals surface area contributed by atoms with Gasteiger partial charge in [0, 0.05) is 30.3 Å². The molecule has 1 aromatic heterocycles. The molecule has 0 aromatic carbocycles. The van der Waals surface area contributed by atoms with E-state index < -0.39 is 17.3 Å². The lowest BCUT2D eigenvalue weighted by molar-refractivity contribution is -0.117. The van der Waals surface area contributed by atoms with E-state index in [9.17, 15) is 14.4 Å². The van der Waals surface area contributed by atoms with Gasteiger partial charge in [0.25, 0.3) is 0 Å². The first-order valence-electron chi connectivity index (χ1n) is 10.7. The van der Waals surface area contributed by atoms with Gasteiger partial charge >= 0.3 is 12.2 Å². The van der Waals surface area contributed by atoms with Crippen molar-refractivity contribution in [1.82, 2.24) is 9.88 Å². The second kappa shape index (κ2) is 9.97. The molecule has 1 aliphatic rings. The number of rotatable bonds is 6. The van der Waals surface area contributed by atoms with Crippen LogP contribution in [0.1, 0.15) is 78.3 Å². The zero-order chi connectivity index (χ0) is 23.4. The molecular formula is C22H35N3O5S. The summed E-state index contributed by atoms with van der Waals surface area (Å²) < 4.78 is 10.9. The van der Waals surface area contributed by atoms with Gasteiger partial charge in [-0.15, -0.1) is 11.3 Å². The number of ketones is 1. The van der Waals surface area contributed by atoms with Crippen LogP contribution in [0.4, 0.5) is 14.7 Å². The van der Waals surface area contributed by atoms with Gasteiger partial charge in [-0.1, -0.05) is 0 Å². The molecule has 0 radical (unpaired) electrons. The van der Waals surface area contributed by atoms with Gasteiger partial charge in [0.15, 0.2) is 5.13 Å². The number of hydrogen-bond acceptors (Lipinski definition) is 7. The van der Waals surface area contributed by atoms with Gasteiger partial charge in [0.05, 0.1) is 5.69 Å². The molecule has 0 aliphatic heterocycles. The Balaban J connectivity index is 2.09. The fourth-order valence-electron chi connectivity index (χ4n) is 3.31. The standard InChI is InChI=1S/C22H35N3O5S/c1-14(26)9-8-12-25(20(28)30-22(5,6)7)15-10-11-16-17(13-15)31-18(23-16)24-19(27)29-21(2,3)4/h15H,8-13H2,1-7H3,(H,23,24,27)/t15-/m0/s1. The van der Waals surface area contributed by atoms with Crippen molar-refractivity contribution in [2.45, 2.75) is 97.8 Å². The quantitative estimate of drug-likeness (QED) is 0.654. The summed E-state index contributed by atoms with van der Waals surface area (Å²) in [6, 6.07) is -0.0378. The molecule has 9 heteroatoms. The summed E-state index contributed by atoms with van der Waals surface area (Å²) in [6.07, 6.45) is 2.24. The molecule has 2 amide bonds. The highest BCUT2D eigenvalue weighted by atomic mass is 32.1. The van der Waals surface area contributed by atoms with E-state index >= 15 is 0 Å². The van der Waals surface area contributed by atoms with Gasteiger partial charge in [-0.3, -0.25) is 5.32 Å². The molecule has 0 unspecified atom stereocenters. The number of fused-ring (bicyclic) bond motifs is 1. The lowest BCUT2D eigenvalue weighted by Gasteiger charge is -2.35. The highest BCUT2D eigenvalue weighted by molar-refractivity contribution is 7.15. The predicted molar refractivity (Wildman–Crippen MR) is 121 cm³/mol. The molecule has 8 nitrogen and oxygen atoms in total. The number of anilines is 1. The number of ether oxygens (including phenoxy) is 2. The Morgan fingerprint density at radius 3 is 2.35 bits per heavy atom. The third kappa shape index (κ3) is 8.47. The maximum atomic E-state index is 12.9. The number of aromatic nitrogens is 1. The fourth-order valence-corrected chi connectivity index (χ4v) is 4.37. The van der Waals surface area contributed by atoms with Crippen molar-refractivity contribution in [1.29, 1.82) is 0 Å². The summed E-state index contributed by atoms with van der Waals surface area (Å²) in [7, 11) is 0. The molecule has 0 spiro atoms. The second-order valence-corrected chi connectivity index (χ2v) is 11.0. The summed E-state index contributed by atoms with van der Waals surface area (Å²) in [5, 5.41) is 3.20. The van der Waals surface area contributed by atoms with Crippen LogP contribution in [0.25, 0.3) is 0 Å². The molecule has 0 saturated heterocycles. The van der Waals surface area contributed by atoms with E-state index in [2.05, 4.69) is 10.3 Å². The topological polar surface area (TPSA) is 97.8 Å². The maximum Gasteiger partial charge on any atom is 0.413 e. The van der Waals surface area contributed by atoms with Crippen LogP contribution < -0.4 is 5.32 Å². The van der Waals surface area contributed by atoms with Crippen LogP contribution >= 0.6 is 11.3 Å². The zero-order valence-electron chi connectivity index (χ0n) is 19.7. The molecule has 0 bridgehead atoms. The van der Waals surface area contributed by atoms with Gasteiger partial charge < -0.3 is 19.2 Å². The summed E-state index contributed by atoms with van der Waals surface area (Å²) in [5.41, 5.74) is -0.231. The fraction of sp³-hybridized carbons (Fsp3) is 0.727. The van der Waals surface area contributed by atoms with E-state index in [1.807, 2.05) is 20.8 Å². The van der Waals surface area contributed by atoms with Crippen LogP contribution in [-0.2, 0) is 27.1 Å². The summed E-state index contributed by atoms with van der Waals surface area (Å²) in [5.74, 6) is 0.107. The van der Waals surface area contributed by atoms with Crippen LogP contribution in [0.2, 0.25) is 0 Å². The molecule has 1 N–H and O–H groups in total. The van der Waals surface area contributed by atoms with Crippen LogP contribution in [-0.4, -0.2) is 51.6 Å². The number of amides is 2. The first-order valence-corrected chi connectivity index (χ1v) is 11.5. The highest BCUT2D eigenvalue weighted by Gasteiger charge is 2.32. The Morgan fingerprint density at radius 2 is 1.77 bits per heavy atom. The van der Waals surface area contributed by atoms with Crippen LogP contribution in [0.15, 0.2) is 0 Å². The van der Waals surface area contributed by atoms with E-state index in [1.165, 1.54) is 11.3 Å². The molecule has 2 rings (SSSR count). The first kappa shape index (κ1) is 25.1. The molecular weight excluding hydrogens is 418 g/mol. The number of nitrogens with one attached hydrogen (secondary N) is 1. The van der Waals surface area contributed by atoms with E-state index in [0.29, 0.717) is 37.4 Å². The van der Waals surface area contributed by atoms with E-state index in [-0.39, 0.29) is 17.9 Å². The summed E-state index contributed by atoms with van der Waals surface area (Å²) in [6.45, 7) is 13.0. The van der Waals surface area contributed by atoms with Gasteiger partial charge in [-0.2, -0.15) is 0 Å². The minimum Gasteiger partial charge on any atom is -0.444 e. The number of aryl methyl sites for hydroxylation is 1. The average molecular weight is 454 g/mol. The Kier molecular flexibility index (Phi) is 8.08. The van der Waals surface area contributed by atoms with Crippen molar-refractivity contribution >= 4 is 34.4 Å². The van der Waals surface area contributed by atoms with Gasteiger partial charge in [0.2, 0.25) is 0 Å². The summed E-state index contributed by atoms with van der Waals surface area (Å²) in [4.78, 5) is 43.6. The number of nitrogens with zero attached hydrogens (tertiary/aromatic N) is 2. The molecule has 1 aliphatic carbocycles. The van der Waals surface area contributed by atoms with Crippen LogP contribution in [0, 0.1) is 0 Å². The maximum absolute atomic E-state index is 12.9. The van der Waals surface area contributed by atoms with Crippen LogP contribution in [0.3, 0.4) is 0 Å². The van der Waals surface area contributed by atoms with Crippen molar-refractivity contribution in [3.63, 3.8) is 0 Å². The lowest BCUT2D eigenvalue weighted by atomic mass is 9.96. The smallest absolute Gasteiger partial charge is 0.413 e. The van der Waals surface area contributed by atoms with Crippen LogP contribution in [0.5, 0.6) is 0 Å². The van der Waals surface area contributed by atoms with Gasteiger partial charge in [0.1, 0.15) is 17.0 Å². The van der Waals surface area contributed by atoms with Crippen molar-refractivity contribution in [2.75, 3.05) is 11.9 Å². The number of Topliss-reactive ketones (excluding diaryl/α,β-unsaturated/α-hetero) is 1. The molecule has 1 heterocycles. The molecule has 1 atom stereocenters. The third-order valence-corrected chi connectivity index (χ3v) is 5.55. The normalized spacial score (nSPS) is 16.3. The highest BCUT2D eigenvalue weighted by Crippen LogP contribution is 2.32. The van der Waals surface area contributed by atoms with E-state index in [4.69, 9.17) is 9.47 Å². The molecule has 1 aromatic rings. The minimum atomic E-state index is -0.593. The third-order valence-electron chi connectivity index (χ3n) is 4.52. The second-order valence-electron chi connectivity index (χ2n) is 9.89. The zero-order valence-corrected chi connectivity index (χ0v) is 20.5. The predicted octanol–water partition coefficient (Wildman–Crippen LogP) is 4.95. The Morgan fingerprint density at radius 1 is 1.13 bits per heavy atom. The van der Waals surface area contributed by atoms with Crippen molar-refractivity contribution in [3.05, 3.63) is 10.6 Å². The van der Waals surface area contributed by atoms with Gasteiger partial charge in [-0.05, 0) is 67.7 Å². The molecule has 31 heavy (non-hydrogen) atoms. The van der Waals surface area contributed by atoms with Crippen molar-refractivity contribution in [2.24, 2.45) is 0 Å². The first-order chi connectivity index (χ1) is 14.2. The van der Waals surface area contributed by atoms with E-state index in [1.54, 1.807) is 32.6 Å². The number of thiazole rings is 1. The molecule has 0 saturated carbocycles. The lowest BCUT2D eigenvalue weighted by Crippen LogP contribution is -2.46. The Labute approximate surface area is 188 Å². The van der Waals surface area contributed by atoms with Crippen molar-refractivity contribution in [3.8, 4) is 0 Å². The molecule has 174 valence electrons. The largest absolute Gasteiger partial charge is 0.444 e. The van der Waals surface area contributed by atoms with Gasteiger partial charge in [-0.25, -0.2) is 14.6 Å².